The Hall–Kier alpha value is -1.68. The average Bonchev–Trinajstić information content (AvgIpc) is 2.77. The minimum Gasteiger partial charge on any atom is -0.496 e. The maximum atomic E-state index is 5.46. The first-order chi connectivity index (χ1) is 8.35. The number of aromatic nitrogens is 1. The van der Waals surface area contributed by atoms with Crippen LogP contribution in [0.4, 0.5) is 0 Å². The van der Waals surface area contributed by atoms with Gasteiger partial charge in [-0.3, -0.25) is 0 Å². The molecule has 1 aliphatic rings. The van der Waals surface area contributed by atoms with E-state index in [9.17, 15) is 0 Å². The molecular weight excluding hydrogens is 216 g/mol. The number of fused-ring (bicyclic) bond motifs is 3. The van der Waals surface area contributed by atoms with Crippen LogP contribution in [0.25, 0.3) is 10.9 Å². The zero-order valence-corrected chi connectivity index (χ0v) is 10.1. The Bertz CT molecular complexity index is 560. The molecule has 3 rings (SSSR count). The number of aromatic amines is 1. The van der Waals surface area contributed by atoms with Crippen LogP contribution in [0, 0.1) is 0 Å². The molecule has 0 atom stereocenters. The molecule has 4 nitrogen and oxygen atoms in total. The van der Waals surface area contributed by atoms with Crippen LogP contribution in [0.2, 0.25) is 0 Å². The third-order valence-electron chi connectivity index (χ3n) is 3.36. The summed E-state index contributed by atoms with van der Waals surface area (Å²) >= 11 is 0. The molecule has 0 aliphatic carbocycles. The largest absolute Gasteiger partial charge is 0.496 e. The van der Waals surface area contributed by atoms with Gasteiger partial charge >= 0.3 is 0 Å². The smallest absolute Gasteiger partial charge is 0.143 e. The van der Waals surface area contributed by atoms with Crippen molar-refractivity contribution in [2.45, 2.75) is 13.0 Å². The van der Waals surface area contributed by atoms with Gasteiger partial charge in [0, 0.05) is 17.6 Å². The van der Waals surface area contributed by atoms with Gasteiger partial charge in [0.1, 0.15) is 11.5 Å². The second-order valence-corrected chi connectivity index (χ2v) is 4.23. The van der Waals surface area contributed by atoms with E-state index in [2.05, 4.69) is 10.3 Å². The van der Waals surface area contributed by atoms with Gasteiger partial charge in [0.05, 0.1) is 19.7 Å². The van der Waals surface area contributed by atoms with Gasteiger partial charge in [0.2, 0.25) is 0 Å². The highest BCUT2D eigenvalue weighted by atomic mass is 16.5. The van der Waals surface area contributed by atoms with Gasteiger partial charge in [-0.1, -0.05) is 0 Å². The van der Waals surface area contributed by atoms with Crippen LogP contribution >= 0.6 is 0 Å². The second-order valence-electron chi connectivity index (χ2n) is 4.23. The van der Waals surface area contributed by atoms with E-state index in [-0.39, 0.29) is 0 Å². The van der Waals surface area contributed by atoms with Crippen LogP contribution in [0.3, 0.4) is 0 Å². The van der Waals surface area contributed by atoms with E-state index < -0.39 is 0 Å². The molecule has 0 saturated heterocycles. The molecule has 17 heavy (non-hydrogen) atoms. The van der Waals surface area contributed by atoms with E-state index in [1.807, 2.05) is 12.1 Å². The molecule has 0 bridgehead atoms. The summed E-state index contributed by atoms with van der Waals surface area (Å²) < 4.78 is 10.9. The van der Waals surface area contributed by atoms with Crippen molar-refractivity contribution in [1.82, 2.24) is 10.3 Å². The number of hydrogen-bond donors (Lipinski definition) is 2. The maximum absolute atomic E-state index is 5.46. The standard InChI is InChI=1S/C13H16N2O2/c1-16-10-3-4-11(17-2)13-12(10)8-5-6-14-7-9(8)15-13/h3-4,14-15H,5-7H2,1-2H3. The van der Waals surface area contributed by atoms with Gasteiger partial charge in [-0.2, -0.15) is 0 Å². The summed E-state index contributed by atoms with van der Waals surface area (Å²) in [5, 5.41) is 4.53. The Morgan fingerprint density at radius 2 is 1.88 bits per heavy atom. The molecule has 2 aromatic rings. The van der Waals surface area contributed by atoms with E-state index in [1.54, 1.807) is 14.2 Å². The number of rotatable bonds is 2. The van der Waals surface area contributed by atoms with E-state index >= 15 is 0 Å². The molecule has 0 amide bonds. The zero-order valence-electron chi connectivity index (χ0n) is 10.1. The number of benzene rings is 1. The fraction of sp³-hybridized carbons (Fsp3) is 0.385. The highest BCUT2D eigenvalue weighted by Gasteiger charge is 2.20. The van der Waals surface area contributed by atoms with E-state index in [4.69, 9.17) is 9.47 Å². The first-order valence-electron chi connectivity index (χ1n) is 5.80. The molecule has 0 saturated carbocycles. The van der Waals surface area contributed by atoms with Crippen molar-refractivity contribution in [1.29, 1.82) is 0 Å². The predicted molar refractivity (Wildman–Crippen MR) is 66.8 cm³/mol. The SMILES string of the molecule is COc1ccc(OC)c2c3c([nH]c12)CNCC3. The lowest BCUT2D eigenvalue weighted by molar-refractivity contribution is 0.410. The minimum atomic E-state index is 0.871. The first kappa shape index (κ1) is 10.5. The van der Waals surface area contributed by atoms with Crippen molar-refractivity contribution >= 4 is 10.9 Å². The summed E-state index contributed by atoms with van der Waals surface area (Å²) in [5.41, 5.74) is 3.64. The normalized spacial score (nSPS) is 14.7. The summed E-state index contributed by atoms with van der Waals surface area (Å²) in [7, 11) is 3.40. The van der Waals surface area contributed by atoms with Crippen LogP contribution in [0.15, 0.2) is 12.1 Å². The molecule has 1 aromatic carbocycles. The molecule has 0 spiro atoms. The topological polar surface area (TPSA) is 46.3 Å². The van der Waals surface area contributed by atoms with Crippen LogP contribution in [-0.4, -0.2) is 25.7 Å². The lowest BCUT2D eigenvalue weighted by Crippen LogP contribution is -2.23. The molecule has 2 heterocycles. The number of nitrogens with one attached hydrogen (secondary N) is 2. The van der Waals surface area contributed by atoms with Crippen LogP contribution < -0.4 is 14.8 Å². The van der Waals surface area contributed by atoms with Gasteiger partial charge in [0.15, 0.2) is 0 Å². The Morgan fingerprint density at radius 3 is 2.65 bits per heavy atom. The Labute approximate surface area is 99.9 Å². The summed E-state index contributed by atoms with van der Waals surface area (Å²) in [6, 6.07) is 3.91. The Balaban J connectivity index is 2.34. The van der Waals surface area contributed by atoms with Crippen molar-refractivity contribution in [3.8, 4) is 11.5 Å². The number of methoxy groups -OCH3 is 2. The van der Waals surface area contributed by atoms with Crippen molar-refractivity contribution in [2.75, 3.05) is 20.8 Å². The van der Waals surface area contributed by atoms with E-state index in [0.29, 0.717) is 0 Å². The van der Waals surface area contributed by atoms with Crippen LogP contribution in [0.1, 0.15) is 11.3 Å². The lowest BCUT2D eigenvalue weighted by atomic mass is 10.0. The maximum Gasteiger partial charge on any atom is 0.143 e. The van der Waals surface area contributed by atoms with Crippen molar-refractivity contribution in [3.05, 3.63) is 23.4 Å². The van der Waals surface area contributed by atoms with E-state index in [1.165, 1.54) is 16.6 Å². The highest BCUT2D eigenvalue weighted by Crippen LogP contribution is 2.37. The minimum absolute atomic E-state index is 0.871. The van der Waals surface area contributed by atoms with Gasteiger partial charge in [-0.25, -0.2) is 0 Å². The van der Waals surface area contributed by atoms with Gasteiger partial charge in [0.25, 0.3) is 0 Å². The molecule has 2 N–H and O–H groups in total. The quantitative estimate of drug-likeness (QED) is 0.830. The first-order valence-corrected chi connectivity index (χ1v) is 5.80. The molecule has 1 aliphatic heterocycles. The predicted octanol–water partition coefficient (Wildman–Crippen LogP) is 1.83. The van der Waals surface area contributed by atoms with Gasteiger partial charge in [-0.05, 0) is 30.7 Å². The lowest BCUT2D eigenvalue weighted by Gasteiger charge is -2.13. The fourth-order valence-corrected chi connectivity index (χ4v) is 2.56. The van der Waals surface area contributed by atoms with Crippen LogP contribution in [0.5, 0.6) is 11.5 Å². The molecule has 4 heteroatoms. The third kappa shape index (κ3) is 1.48. The van der Waals surface area contributed by atoms with Crippen molar-refractivity contribution in [2.24, 2.45) is 0 Å². The number of ether oxygens (including phenoxy) is 2. The Morgan fingerprint density at radius 1 is 1.12 bits per heavy atom. The number of H-pyrrole nitrogens is 1. The summed E-state index contributed by atoms with van der Waals surface area (Å²) in [6.07, 6.45) is 1.03. The highest BCUT2D eigenvalue weighted by molar-refractivity contribution is 5.95. The molecule has 0 radical (unpaired) electrons. The second kappa shape index (κ2) is 3.96. The van der Waals surface area contributed by atoms with Gasteiger partial charge < -0.3 is 19.8 Å². The third-order valence-corrected chi connectivity index (χ3v) is 3.36. The van der Waals surface area contributed by atoms with Crippen LogP contribution in [-0.2, 0) is 13.0 Å². The molecule has 0 fully saturated rings. The van der Waals surface area contributed by atoms with E-state index in [0.717, 1.165) is 36.5 Å². The summed E-state index contributed by atoms with van der Waals surface area (Å²) in [6.45, 7) is 1.90. The average molecular weight is 232 g/mol. The monoisotopic (exact) mass is 232 g/mol. The van der Waals surface area contributed by atoms with Crippen molar-refractivity contribution < 1.29 is 9.47 Å². The molecular formula is C13H16N2O2. The molecule has 1 aromatic heterocycles. The van der Waals surface area contributed by atoms with Gasteiger partial charge in [-0.15, -0.1) is 0 Å². The molecule has 90 valence electrons. The summed E-state index contributed by atoms with van der Waals surface area (Å²) in [5.74, 6) is 1.79. The fourth-order valence-electron chi connectivity index (χ4n) is 2.56. The molecule has 0 unspecified atom stereocenters. The van der Waals surface area contributed by atoms with Crippen molar-refractivity contribution in [3.63, 3.8) is 0 Å². The summed E-state index contributed by atoms with van der Waals surface area (Å²) in [4.78, 5) is 3.44. The Kier molecular flexibility index (Phi) is 2.44. The number of hydrogen-bond acceptors (Lipinski definition) is 3. The zero-order chi connectivity index (χ0) is 11.8.